The number of nitrogens with zero attached hydrogens (tertiary/aromatic N) is 1. The molecular weight excluding hydrogens is 478 g/mol. The van der Waals surface area contributed by atoms with E-state index in [2.05, 4.69) is 39.8 Å². The number of carbonyl (C=O) groups is 2. The van der Waals surface area contributed by atoms with Crippen molar-refractivity contribution in [3.63, 3.8) is 0 Å². The Morgan fingerprint density at radius 1 is 0.947 bits per heavy atom. The Hall–Kier alpha value is -3.68. The van der Waals surface area contributed by atoms with Gasteiger partial charge in [-0.1, -0.05) is 42.5 Å². The van der Waals surface area contributed by atoms with Crippen molar-refractivity contribution in [2.45, 2.75) is 31.8 Å². The second-order valence-corrected chi connectivity index (χ2v) is 9.93. The molecule has 7 heteroatoms. The lowest BCUT2D eigenvalue weighted by Gasteiger charge is -2.32. The second-order valence-electron chi connectivity index (χ2n) is 9.93. The molecule has 0 spiro atoms. The fraction of sp³-hybridized carbons (Fsp3) is 0.355. The summed E-state index contributed by atoms with van der Waals surface area (Å²) in [6, 6.07) is 23.8. The van der Waals surface area contributed by atoms with E-state index < -0.39 is 0 Å². The molecule has 2 aliphatic heterocycles. The summed E-state index contributed by atoms with van der Waals surface area (Å²) >= 11 is 0. The lowest BCUT2D eigenvalue weighted by molar-refractivity contribution is 0.0865. The minimum Gasteiger partial charge on any atom is -0.491 e. The molecule has 3 aromatic rings. The van der Waals surface area contributed by atoms with Crippen LogP contribution < -0.4 is 15.4 Å². The van der Waals surface area contributed by atoms with Crippen LogP contribution in [0.15, 0.2) is 72.8 Å². The first kappa shape index (κ1) is 25.9. The van der Waals surface area contributed by atoms with Crippen molar-refractivity contribution < 1.29 is 19.1 Å². The van der Waals surface area contributed by atoms with Crippen LogP contribution in [0.3, 0.4) is 0 Å². The molecular formula is C31H35N3O4. The monoisotopic (exact) mass is 513 g/mol. The van der Waals surface area contributed by atoms with Gasteiger partial charge in [-0.05, 0) is 59.9 Å². The normalized spacial score (nSPS) is 17.4. The fourth-order valence-corrected chi connectivity index (χ4v) is 5.04. The Morgan fingerprint density at radius 3 is 2.63 bits per heavy atom. The molecule has 1 fully saturated rings. The molecule has 2 bridgehead atoms. The zero-order valence-corrected chi connectivity index (χ0v) is 21.7. The van der Waals surface area contributed by atoms with Crippen LogP contribution in [-0.2, 0) is 17.7 Å². The molecule has 0 radical (unpaired) electrons. The molecule has 2 amide bonds. The number of likely N-dealkylation sites (tertiary alicyclic amines) is 1. The van der Waals surface area contributed by atoms with Gasteiger partial charge in [-0.15, -0.1) is 0 Å². The number of rotatable bonds is 4. The van der Waals surface area contributed by atoms with Crippen molar-refractivity contribution in [2.24, 2.45) is 0 Å². The quantitative estimate of drug-likeness (QED) is 0.555. The van der Waals surface area contributed by atoms with Gasteiger partial charge in [-0.3, -0.25) is 14.5 Å². The summed E-state index contributed by atoms with van der Waals surface area (Å²) in [6.45, 7) is 4.56. The van der Waals surface area contributed by atoms with Crippen molar-refractivity contribution in [1.82, 2.24) is 15.5 Å². The summed E-state index contributed by atoms with van der Waals surface area (Å²) in [5, 5.41) is 6.12. The lowest BCUT2D eigenvalue weighted by atomic mass is 9.99. The maximum atomic E-state index is 13.2. The Labute approximate surface area is 224 Å². The molecule has 0 atom stereocenters. The number of fused-ring (bicyclic) bond motifs is 3. The number of nitrogens with one attached hydrogen (secondary N) is 2. The summed E-state index contributed by atoms with van der Waals surface area (Å²) in [6.07, 6.45) is 2.42. The average molecular weight is 514 g/mol. The number of carbonyl (C=O) groups excluding carboxylic acids is 2. The van der Waals surface area contributed by atoms with Gasteiger partial charge in [0.15, 0.2) is 0 Å². The van der Waals surface area contributed by atoms with Crippen molar-refractivity contribution in [3.8, 4) is 5.75 Å². The first-order chi connectivity index (χ1) is 18.6. The van der Waals surface area contributed by atoms with E-state index in [0.717, 1.165) is 49.4 Å². The molecule has 7 nitrogen and oxygen atoms in total. The molecule has 0 saturated carbocycles. The topological polar surface area (TPSA) is 79.9 Å². The maximum absolute atomic E-state index is 13.2. The van der Waals surface area contributed by atoms with Crippen LogP contribution in [0.2, 0.25) is 0 Å². The summed E-state index contributed by atoms with van der Waals surface area (Å²) in [7, 11) is 0. The van der Waals surface area contributed by atoms with Gasteiger partial charge >= 0.3 is 0 Å². The van der Waals surface area contributed by atoms with E-state index in [9.17, 15) is 9.59 Å². The zero-order valence-electron chi connectivity index (χ0n) is 21.7. The van der Waals surface area contributed by atoms with Gasteiger partial charge < -0.3 is 20.1 Å². The van der Waals surface area contributed by atoms with Crippen LogP contribution in [0.25, 0.3) is 0 Å². The predicted octanol–water partition coefficient (Wildman–Crippen LogP) is 3.81. The number of benzene rings is 3. The van der Waals surface area contributed by atoms with Gasteiger partial charge in [-0.2, -0.15) is 0 Å². The number of ether oxygens (including phenoxy) is 2. The number of hydrogen-bond donors (Lipinski definition) is 2. The van der Waals surface area contributed by atoms with Crippen LogP contribution in [0, 0.1) is 0 Å². The maximum Gasteiger partial charge on any atom is 0.251 e. The number of amides is 2. The van der Waals surface area contributed by atoms with E-state index in [0.29, 0.717) is 43.9 Å². The van der Waals surface area contributed by atoms with Crippen molar-refractivity contribution in [3.05, 3.63) is 101 Å². The summed E-state index contributed by atoms with van der Waals surface area (Å²) in [5.41, 5.74) is 4.43. The van der Waals surface area contributed by atoms with E-state index in [-0.39, 0.29) is 17.9 Å². The molecule has 198 valence electrons. The highest BCUT2D eigenvalue weighted by molar-refractivity contribution is 5.95. The Balaban J connectivity index is 1.25. The van der Waals surface area contributed by atoms with Gasteiger partial charge in [0.1, 0.15) is 12.4 Å². The summed E-state index contributed by atoms with van der Waals surface area (Å²) in [5.74, 6) is 0.545. The largest absolute Gasteiger partial charge is 0.491 e. The Bertz CT molecular complexity index is 1240. The van der Waals surface area contributed by atoms with Crippen LogP contribution in [0.5, 0.6) is 5.75 Å². The predicted molar refractivity (Wildman–Crippen MR) is 147 cm³/mol. The zero-order chi connectivity index (χ0) is 26.2. The average Bonchev–Trinajstić information content (AvgIpc) is 2.94. The molecule has 0 unspecified atom stereocenters. The molecule has 0 aliphatic carbocycles. The van der Waals surface area contributed by atoms with Crippen molar-refractivity contribution in [2.75, 3.05) is 39.5 Å². The first-order valence-electron chi connectivity index (χ1n) is 13.4. The van der Waals surface area contributed by atoms with Gasteiger partial charge in [0.25, 0.3) is 11.8 Å². The fourth-order valence-electron chi connectivity index (χ4n) is 5.04. The molecule has 2 heterocycles. The van der Waals surface area contributed by atoms with Crippen LogP contribution >= 0.6 is 0 Å². The lowest BCUT2D eigenvalue weighted by Crippen LogP contribution is -2.44. The van der Waals surface area contributed by atoms with Crippen molar-refractivity contribution in [1.29, 1.82) is 0 Å². The molecule has 0 aromatic heterocycles. The molecule has 5 rings (SSSR count). The minimum atomic E-state index is -0.119. The van der Waals surface area contributed by atoms with Crippen LogP contribution in [-0.4, -0.2) is 62.2 Å². The highest BCUT2D eigenvalue weighted by Gasteiger charge is 2.22. The highest BCUT2D eigenvalue weighted by Crippen LogP contribution is 2.25. The van der Waals surface area contributed by atoms with Crippen LogP contribution in [0.1, 0.15) is 50.2 Å². The minimum absolute atomic E-state index is 0.0647. The van der Waals surface area contributed by atoms with E-state index >= 15 is 0 Å². The molecule has 38 heavy (non-hydrogen) atoms. The molecule has 2 N–H and O–H groups in total. The standard InChI is InChI=1S/C31H35N3O4/c35-30-25-8-4-7-24(19-25)20-27-21-26(9-10-29(27)38-18-17-37-16-13-32-30)31(36)33-28-11-14-34(15-12-28)22-23-5-2-1-3-6-23/h1-10,19,21,28H,11-18,20,22H2,(H,32,35)(H,33,36). The molecule has 2 aliphatic rings. The molecule has 3 aromatic carbocycles. The van der Waals surface area contributed by atoms with E-state index in [1.54, 1.807) is 6.07 Å². The van der Waals surface area contributed by atoms with E-state index in [1.807, 2.05) is 42.5 Å². The third-order valence-corrected chi connectivity index (χ3v) is 7.10. The second kappa shape index (κ2) is 12.7. The Morgan fingerprint density at radius 2 is 1.79 bits per heavy atom. The van der Waals surface area contributed by atoms with Crippen LogP contribution in [0.4, 0.5) is 0 Å². The van der Waals surface area contributed by atoms with Gasteiger partial charge in [0.2, 0.25) is 0 Å². The smallest absolute Gasteiger partial charge is 0.251 e. The van der Waals surface area contributed by atoms with Gasteiger partial charge in [0.05, 0.1) is 13.2 Å². The summed E-state index contributed by atoms with van der Waals surface area (Å²) in [4.78, 5) is 28.1. The summed E-state index contributed by atoms with van der Waals surface area (Å²) < 4.78 is 11.6. The third kappa shape index (κ3) is 7.00. The number of piperidine rings is 1. The highest BCUT2D eigenvalue weighted by atomic mass is 16.5. The molecule has 1 saturated heterocycles. The first-order valence-corrected chi connectivity index (χ1v) is 13.4. The van der Waals surface area contributed by atoms with Gasteiger partial charge in [-0.25, -0.2) is 0 Å². The van der Waals surface area contributed by atoms with Gasteiger partial charge in [0, 0.05) is 49.8 Å². The number of hydrogen-bond acceptors (Lipinski definition) is 5. The van der Waals surface area contributed by atoms with E-state index in [1.165, 1.54) is 5.56 Å². The van der Waals surface area contributed by atoms with Crippen molar-refractivity contribution >= 4 is 11.8 Å². The Kier molecular flexibility index (Phi) is 8.68. The SMILES string of the molecule is O=C1NCCOCCOc2ccc(C(=O)NC3CCN(Cc4ccccc4)CC3)cc2Cc2cccc1c2. The third-order valence-electron chi connectivity index (χ3n) is 7.10. The van der Waals surface area contributed by atoms with E-state index in [4.69, 9.17) is 9.47 Å².